The van der Waals surface area contributed by atoms with E-state index in [4.69, 9.17) is 0 Å². The number of carbonyl (C=O) groups is 1. The van der Waals surface area contributed by atoms with E-state index < -0.39 is 48.1 Å². The van der Waals surface area contributed by atoms with Gasteiger partial charge < -0.3 is 10.0 Å². The van der Waals surface area contributed by atoms with Crippen LogP contribution in [0.5, 0.6) is 0 Å². The predicted molar refractivity (Wildman–Crippen MR) is 117 cm³/mol. The molecule has 1 aliphatic heterocycles. The zero-order valence-electron chi connectivity index (χ0n) is 18.7. The molecule has 1 amide bonds. The second-order valence-electron chi connectivity index (χ2n) is 8.69. The first kappa shape index (κ1) is 25.4. The van der Waals surface area contributed by atoms with Gasteiger partial charge in [-0.3, -0.25) is 18.7 Å². The summed E-state index contributed by atoms with van der Waals surface area (Å²) in [5.74, 6) is -0.567. The molecular formula is C21H27F4N3O4S. The van der Waals surface area contributed by atoms with Crippen molar-refractivity contribution in [3.63, 3.8) is 0 Å². The van der Waals surface area contributed by atoms with E-state index in [2.05, 4.69) is 0 Å². The van der Waals surface area contributed by atoms with E-state index in [0.29, 0.717) is 30.6 Å². The van der Waals surface area contributed by atoms with Crippen LogP contribution in [-0.4, -0.2) is 49.9 Å². The lowest BCUT2D eigenvalue weighted by Crippen LogP contribution is -2.45. The van der Waals surface area contributed by atoms with E-state index in [-0.39, 0.29) is 40.3 Å². The molecule has 1 aliphatic rings. The number of fused-ring (bicyclic) bond motifs is 1. The quantitative estimate of drug-likeness (QED) is 0.624. The van der Waals surface area contributed by atoms with Crippen molar-refractivity contribution in [3.8, 4) is 0 Å². The van der Waals surface area contributed by atoms with Crippen molar-refractivity contribution in [1.82, 2.24) is 14.0 Å². The maximum absolute atomic E-state index is 14.8. The van der Waals surface area contributed by atoms with Crippen LogP contribution in [0.1, 0.15) is 67.9 Å². The van der Waals surface area contributed by atoms with Crippen LogP contribution in [0.25, 0.3) is 10.2 Å². The Kier molecular flexibility index (Phi) is 7.09. The summed E-state index contributed by atoms with van der Waals surface area (Å²) in [5.41, 5.74) is -2.85. The highest BCUT2D eigenvalue weighted by Crippen LogP contribution is 2.37. The van der Waals surface area contributed by atoms with Crippen molar-refractivity contribution in [2.24, 2.45) is 0 Å². The number of piperidine rings is 1. The molecule has 3 heterocycles. The number of thiophene rings is 1. The van der Waals surface area contributed by atoms with Gasteiger partial charge in [-0.1, -0.05) is 6.92 Å². The first-order valence-corrected chi connectivity index (χ1v) is 11.6. The van der Waals surface area contributed by atoms with E-state index in [1.807, 2.05) is 0 Å². The molecule has 2 aromatic rings. The molecule has 0 aromatic carbocycles. The molecule has 0 spiro atoms. The smallest absolute Gasteiger partial charge is 0.390 e. The normalized spacial score (nSPS) is 17.5. The van der Waals surface area contributed by atoms with Crippen molar-refractivity contribution >= 4 is 27.5 Å². The molecule has 184 valence electrons. The summed E-state index contributed by atoms with van der Waals surface area (Å²) in [4.78, 5) is 40.5. The van der Waals surface area contributed by atoms with Crippen molar-refractivity contribution in [3.05, 3.63) is 31.3 Å². The first-order chi connectivity index (χ1) is 15.3. The Morgan fingerprint density at radius 2 is 1.79 bits per heavy atom. The first-order valence-electron chi connectivity index (χ1n) is 10.8. The molecule has 1 saturated heterocycles. The molecule has 7 nitrogen and oxygen atoms in total. The minimum absolute atomic E-state index is 0.0416. The number of halogens is 4. The number of aromatic nitrogens is 2. The summed E-state index contributed by atoms with van der Waals surface area (Å²) >= 11 is 0.675. The highest BCUT2D eigenvalue weighted by atomic mass is 32.1. The molecule has 3 rings (SSSR count). The largest absolute Gasteiger partial charge is 0.390 e. The molecule has 1 atom stereocenters. The molecule has 0 saturated carbocycles. The standard InChI is InChI=1S/C21H27F4N3O4S/c1-4-8-27-16(29)14-13(12(2)22)15(17(30)26-9-5-20(3,32)6-10-26)33-18(14)28(19(27)31)11-7-21(23,24)25/h12,32H,4-11H2,1-3H3. The minimum atomic E-state index is -4.55. The molecule has 0 radical (unpaired) electrons. The molecule has 1 N–H and O–H groups in total. The van der Waals surface area contributed by atoms with Crippen LogP contribution in [0.3, 0.4) is 0 Å². The SMILES string of the molecule is CCCn1c(=O)c2c(C(C)F)c(C(=O)N3CCC(C)(O)CC3)sc2n(CCC(F)(F)F)c1=O. The van der Waals surface area contributed by atoms with E-state index in [9.17, 15) is 37.1 Å². The lowest BCUT2D eigenvalue weighted by Gasteiger charge is -2.35. The molecule has 1 unspecified atom stereocenters. The molecule has 33 heavy (non-hydrogen) atoms. The topological polar surface area (TPSA) is 84.5 Å². The Balaban J connectivity index is 2.23. The fourth-order valence-corrected chi connectivity index (χ4v) is 5.38. The van der Waals surface area contributed by atoms with Gasteiger partial charge in [-0.25, -0.2) is 9.18 Å². The van der Waals surface area contributed by atoms with Crippen LogP contribution in [0.4, 0.5) is 17.6 Å². The maximum atomic E-state index is 14.8. The van der Waals surface area contributed by atoms with Crippen LogP contribution in [0.15, 0.2) is 9.59 Å². The van der Waals surface area contributed by atoms with Gasteiger partial charge in [0.05, 0.1) is 17.4 Å². The summed E-state index contributed by atoms with van der Waals surface area (Å²) in [6, 6.07) is 0. The van der Waals surface area contributed by atoms with Crippen LogP contribution in [0.2, 0.25) is 0 Å². The van der Waals surface area contributed by atoms with Gasteiger partial charge in [-0.2, -0.15) is 13.2 Å². The second-order valence-corrected chi connectivity index (χ2v) is 9.69. The highest BCUT2D eigenvalue weighted by Gasteiger charge is 2.35. The number of aliphatic hydroxyl groups is 1. The Morgan fingerprint density at radius 3 is 2.30 bits per heavy atom. The lowest BCUT2D eigenvalue weighted by atomic mass is 9.93. The average Bonchev–Trinajstić information content (AvgIpc) is 3.10. The lowest BCUT2D eigenvalue weighted by molar-refractivity contribution is -0.136. The van der Waals surface area contributed by atoms with Gasteiger partial charge in [0.2, 0.25) is 0 Å². The number of likely N-dealkylation sites (tertiary alicyclic amines) is 1. The van der Waals surface area contributed by atoms with Gasteiger partial charge in [0.1, 0.15) is 15.9 Å². The molecule has 1 fully saturated rings. The number of amides is 1. The van der Waals surface area contributed by atoms with E-state index >= 15 is 0 Å². The van der Waals surface area contributed by atoms with E-state index in [1.54, 1.807) is 13.8 Å². The number of hydrogen-bond acceptors (Lipinski definition) is 5. The summed E-state index contributed by atoms with van der Waals surface area (Å²) < 4.78 is 55.2. The Labute approximate surface area is 191 Å². The van der Waals surface area contributed by atoms with Gasteiger partial charge in [-0.15, -0.1) is 11.3 Å². The highest BCUT2D eigenvalue weighted by molar-refractivity contribution is 7.20. The Bertz CT molecular complexity index is 1150. The summed E-state index contributed by atoms with van der Waals surface area (Å²) in [6.45, 7) is 4.13. The monoisotopic (exact) mass is 493 g/mol. The number of alkyl halides is 4. The van der Waals surface area contributed by atoms with Crippen LogP contribution in [-0.2, 0) is 13.1 Å². The van der Waals surface area contributed by atoms with Gasteiger partial charge >= 0.3 is 11.9 Å². The third kappa shape index (κ3) is 5.16. The fourth-order valence-electron chi connectivity index (χ4n) is 4.01. The maximum Gasteiger partial charge on any atom is 0.390 e. The Morgan fingerprint density at radius 1 is 1.18 bits per heavy atom. The molecule has 0 aliphatic carbocycles. The number of nitrogens with zero attached hydrogens (tertiary/aromatic N) is 3. The second kappa shape index (κ2) is 9.21. The van der Waals surface area contributed by atoms with Crippen molar-refractivity contribution < 1.29 is 27.5 Å². The predicted octanol–water partition coefficient (Wildman–Crippen LogP) is 3.60. The fraction of sp³-hybridized carbons (Fsp3) is 0.667. The average molecular weight is 494 g/mol. The molecule has 12 heteroatoms. The van der Waals surface area contributed by atoms with E-state index in [1.165, 1.54) is 4.90 Å². The number of aryl methyl sites for hydroxylation is 1. The summed E-state index contributed by atoms with van der Waals surface area (Å²) in [7, 11) is 0. The van der Waals surface area contributed by atoms with Crippen molar-refractivity contribution in [1.29, 1.82) is 0 Å². The van der Waals surface area contributed by atoms with Crippen molar-refractivity contribution in [2.75, 3.05) is 13.1 Å². The summed E-state index contributed by atoms with van der Waals surface area (Å²) in [6.07, 6.45) is -6.64. The van der Waals surface area contributed by atoms with Crippen LogP contribution >= 0.6 is 11.3 Å². The zero-order valence-corrected chi connectivity index (χ0v) is 19.5. The van der Waals surface area contributed by atoms with Crippen molar-refractivity contribution in [2.45, 2.75) is 77.5 Å². The zero-order chi connectivity index (χ0) is 24.7. The molecular weight excluding hydrogens is 466 g/mol. The van der Waals surface area contributed by atoms with Gasteiger partial charge in [-0.05, 0) is 33.1 Å². The van der Waals surface area contributed by atoms with Gasteiger partial charge in [0.15, 0.2) is 0 Å². The minimum Gasteiger partial charge on any atom is -0.390 e. The van der Waals surface area contributed by atoms with E-state index in [0.717, 1.165) is 16.1 Å². The number of carbonyl (C=O) groups excluding carboxylic acids is 1. The van der Waals surface area contributed by atoms with Crippen LogP contribution < -0.4 is 11.2 Å². The third-order valence-electron chi connectivity index (χ3n) is 5.88. The third-order valence-corrected chi connectivity index (χ3v) is 7.09. The molecule has 2 aromatic heterocycles. The molecule has 0 bridgehead atoms. The summed E-state index contributed by atoms with van der Waals surface area (Å²) in [5, 5.41) is 9.92. The number of hydrogen-bond donors (Lipinski definition) is 1. The number of rotatable bonds is 6. The van der Waals surface area contributed by atoms with Gasteiger partial charge in [0, 0.05) is 31.7 Å². The van der Waals surface area contributed by atoms with Crippen LogP contribution in [0, 0.1) is 0 Å². The van der Waals surface area contributed by atoms with Gasteiger partial charge in [0.25, 0.3) is 11.5 Å². The Hall–Kier alpha value is -2.21.